The highest BCUT2D eigenvalue weighted by Crippen LogP contribution is 2.24. The number of nitrogens with one attached hydrogen (secondary N) is 1. The van der Waals surface area contributed by atoms with Crippen LogP contribution in [0.1, 0.15) is 17.7 Å². The Morgan fingerprint density at radius 3 is 2.90 bits per heavy atom. The van der Waals surface area contributed by atoms with E-state index in [-0.39, 0.29) is 5.91 Å². The van der Waals surface area contributed by atoms with Crippen molar-refractivity contribution in [2.45, 2.75) is 19.3 Å². The number of ether oxygens (including phenoxy) is 1. The Bertz CT molecular complexity index is 567. The number of nitrogen functional groups attached to an aromatic ring is 1. The molecule has 3 N–H and O–H groups in total. The fourth-order valence-electron chi connectivity index (χ4n) is 1.91. The molecule has 0 spiro atoms. The molecule has 2 aromatic rings. The van der Waals surface area contributed by atoms with Gasteiger partial charge in [-0.3, -0.25) is 4.79 Å². The van der Waals surface area contributed by atoms with E-state index in [1.54, 1.807) is 36.6 Å². The average Bonchev–Trinajstić information content (AvgIpc) is 2.92. The molecule has 1 amide bonds. The summed E-state index contributed by atoms with van der Waals surface area (Å²) in [5.74, 6) is 0.617. The standard InChI is InChI=1S/C15H18N2O2S/c1-19-14-8-7-11(10-13(14)16)17-15(18)6-2-4-12-5-3-9-20-12/h3,5,7-10H,2,4,6,16H2,1H3,(H,17,18). The molecule has 106 valence electrons. The molecule has 0 bridgehead atoms. The van der Waals surface area contributed by atoms with E-state index in [2.05, 4.69) is 16.8 Å². The Labute approximate surface area is 122 Å². The van der Waals surface area contributed by atoms with Crippen molar-refractivity contribution in [1.82, 2.24) is 0 Å². The minimum Gasteiger partial charge on any atom is -0.495 e. The molecule has 0 radical (unpaired) electrons. The molecule has 0 aliphatic rings. The molecule has 0 aliphatic carbocycles. The third-order valence-electron chi connectivity index (χ3n) is 2.92. The van der Waals surface area contributed by atoms with Gasteiger partial charge in [-0.1, -0.05) is 6.07 Å². The molecule has 5 heteroatoms. The summed E-state index contributed by atoms with van der Waals surface area (Å²) in [7, 11) is 1.56. The summed E-state index contributed by atoms with van der Waals surface area (Å²) >= 11 is 1.72. The first kappa shape index (κ1) is 14.4. The fourth-order valence-corrected chi connectivity index (χ4v) is 2.66. The molecule has 1 aromatic carbocycles. The van der Waals surface area contributed by atoms with Crippen LogP contribution in [0.25, 0.3) is 0 Å². The fraction of sp³-hybridized carbons (Fsp3) is 0.267. The molecule has 0 aliphatic heterocycles. The van der Waals surface area contributed by atoms with E-state index in [1.165, 1.54) is 4.88 Å². The molecule has 2 rings (SSSR count). The maximum Gasteiger partial charge on any atom is 0.224 e. The number of carbonyl (C=O) groups excluding carboxylic acids is 1. The number of thiophene rings is 1. The number of hydrogen-bond acceptors (Lipinski definition) is 4. The summed E-state index contributed by atoms with van der Waals surface area (Å²) in [4.78, 5) is 13.1. The Hall–Kier alpha value is -2.01. The van der Waals surface area contributed by atoms with E-state index in [9.17, 15) is 4.79 Å². The molecule has 1 aromatic heterocycles. The quantitative estimate of drug-likeness (QED) is 0.802. The van der Waals surface area contributed by atoms with Gasteiger partial charge >= 0.3 is 0 Å². The summed E-state index contributed by atoms with van der Waals surface area (Å²) < 4.78 is 5.07. The predicted octanol–water partition coefficient (Wildman–Crippen LogP) is 3.30. The van der Waals surface area contributed by atoms with Gasteiger partial charge in [0.05, 0.1) is 12.8 Å². The van der Waals surface area contributed by atoms with Crippen molar-refractivity contribution in [2.75, 3.05) is 18.2 Å². The minimum atomic E-state index is 0.00567. The van der Waals surface area contributed by atoms with Crippen LogP contribution in [0.2, 0.25) is 0 Å². The van der Waals surface area contributed by atoms with Crippen LogP contribution in [0.4, 0.5) is 11.4 Å². The first-order chi connectivity index (χ1) is 9.69. The van der Waals surface area contributed by atoms with Gasteiger partial charge in [-0.25, -0.2) is 0 Å². The van der Waals surface area contributed by atoms with Gasteiger partial charge in [0.1, 0.15) is 5.75 Å². The van der Waals surface area contributed by atoms with Crippen LogP contribution in [0.15, 0.2) is 35.7 Å². The number of methoxy groups -OCH3 is 1. The van der Waals surface area contributed by atoms with Crippen molar-refractivity contribution in [3.05, 3.63) is 40.6 Å². The van der Waals surface area contributed by atoms with Crippen LogP contribution in [0, 0.1) is 0 Å². The van der Waals surface area contributed by atoms with Crippen LogP contribution >= 0.6 is 11.3 Å². The first-order valence-electron chi connectivity index (χ1n) is 6.45. The highest BCUT2D eigenvalue weighted by Gasteiger charge is 2.05. The van der Waals surface area contributed by atoms with Gasteiger partial charge in [-0.15, -0.1) is 11.3 Å². The topological polar surface area (TPSA) is 64.3 Å². The maximum absolute atomic E-state index is 11.8. The number of anilines is 2. The van der Waals surface area contributed by atoms with Crippen LogP contribution in [0.3, 0.4) is 0 Å². The Kier molecular flexibility index (Phi) is 5.01. The summed E-state index contributed by atoms with van der Waals surface area (Å²) in [6.07, 6.45) is 2.29. The molecule has 1 heterocycles. The number of nitrogens with two attached hydrogens (primary N) is 1. The number of hydrogen-bond donors (Lipinski definition) is 2. The number of carbonyl (C=O) groups is 1. The second kappa shape index (κ2) is 6.96. The third kappa shape index (κ3) is 3.99. The summed E-state index contributed by atoms with van der Waals surface area (Å²) in [6.45, 7) is 0. The smallest absolute Gasteiger partial charge is 0.224 e. The lowest BCUT2D eigenvalue weighted by molar-refractivity contribution is -0.116. The van der Waals surface area contributed by atoms with Gasteiger partial charge in [0.15, 0.2) is 0 Å². The zero-order valence-corrected chi connectivity index (χ0v) is 12.2. The van der Waals surface area contributed by atoms with E-state index in [0.717, 1.165) is 12.8 Å². The van der Waals surface area contributed by atoms with Gasteiger partial charge in [0.2, 0.25) is 5.91 Å². The second-order valence-electron chi connectivity index (χ2n) is 4.44. The van der Waals surface area contributed by atoms with Crippen molar-refractivity contribution in [3.63, 3.8) is 0 Å². The lowest BCUT2D eigenvalue weighted by atomic mass is 10.2. The number of aryl methyl sites for hydroxylation is 1. The van der Waals surface area contributed by atoms with Gasteiger partial charge < -0.3 is 15.8 Å². The van der Waals surface area contributed by atoms with E-state index in [1.807, 2.05) is 6.07 Å². The lowest BCUT2D eigenvalue weighted by Gasteiger charge is -2.08. The lowest BCUT2D eigenvalue weighted by Crippen LogP contribution is -2.11. The molecule has 0 fully saturated rings. The van der Waals surface area contributed by atoms with Crippen LogP contribution in [0.5, 0.6) is 5.75 Å². The minimum absolute atomic E-state index is 0.00567. The molecule has 20 heavy (non-hydrogen) atoms. The SMILES string of the molecule is COc1ccc(NC(=O)CCCc2cccs2)cc1N. The van der Waals surface area contributed by atoms with E-state index < -0.39 is 0 Å². The first-order valence-corrected chi connectivity index (χ1v) is 7.33. The maximum atomic E-state index is 11.8. The van der Waals surface area contributed by atoms with E-state index in [4.69, 9.17) is 10.5 Å². The molecule has 0 atom stereocenters. The second-order valence-corrected chi connectivity index (χ2v) is 5.47. The molecule has 0 unspecified atom stereocenters. The van der Waals surface area contributed by atoms with Gasteiger partial charge in [-0.05, 0) is 42.5 Å². The molecule has 0 saturated carbocycles. The van der Waals surface area contributed by atoms with Crippen molar-refractivity contribution in [1.29, 1.82) is 0 Å². The summed E-state index contributed by atoms with van der Waals surface area (Å²) in [6, 6.07) is 9.35. The van der Waals surface area contributed by atoms with Crippen molar-refractivity contribution < 1.29 is 9.53 Å². The van der Waals surface area contributed by atoms with Gasteiger partial charge in [0.25, 0.3) is 0 Å². The summed E-state index contributed by atoms with van der Waals surface area (Å²) in [5, 5.41) is 4.89. The van der Waals surface area contributed by atoms with Crippen molar-refractivity contribution in [2.24, 2.45) is 0 Å². The largest absolute Gasteiger partial charge is 0.495 e. The highest BCUT2D eigenvalue weighted by atomic mass is 32.1. The average molecular weight is 290 g/mol. The molecule has 0 saturated heterocycles. The zero-order valence-electron chi connectivity index (χ0n) is 11.4. The Balaban J connectivity index is 1.80. The Morgan fingerprint density at radius 2 is 2.25 bits per heavy atom. The zero-order chi connectivity index (χ0) is 14.4. The van der Waals surface area contributed by atoms with Crippen LogP contribution < -0.4 is 15.8 Å². The van der Waals surface area contributed by atoms with E-state index >= 15 is 0 Å². The molecular weight excluding hydrogens is 272 g/mol. The van der Waals surface area contributed by atoms with E-state index in [0.29, 0.717) is 23.5 Å². The molecule has 4 nitrogen and oxygen atoms in total. The number of rotatable bonds is 6. The predicted molar refractivity (Wildman–Crippen MR) is 83.3 cm³/mol. The van der Waals surface area contributed by atoms with Gasteiger partial charge in [0, 0.05) is 17.0 Å². The summed E-state index contributed by atoms with van der Waals surface area (Å²) in [5.41, 5.74) is 7.01. The number of amides is 1. The van der Waals surface area contributed by atoms with Gasteiger partial charge in [-0.2, -0.15) is 0 Å². The highest BCUT2D eigenvalue weighted by molar-refractivity contribution is 7.09. The third-order valence-corrected chi connectivity index (χ3v) is 3.86. The monoisotopic (exact) mass is 290 g/mol. The number of benzene rings is 1. The molecular formula is C15H18N2O2S. The van der Waals surface area contributed by atoms with Crippen molar-refractivity contribution in [3.8, 4) is 5.75 Å². The normalized spacial score (nSPS) is 10.2. The van der Waals surface area contributed by atoms with Crippen LogP contribution in [-0.2, 0) is 11.2 Å². The Morgan fingerprint density at radius 1 is 1.40 bits per heavy atom. The van der Waals surface area contributed by atoms with Crippen molar-refractivity contribution >= 4 is 28.6 Å². The van der Waals surface area contributed by atoms with Crippen LogP contribution in [-0.4, -0.2) is 13.0 Å².